The summed E-state index contributed by atoms with van der Waals surface area (Å²) in [5, 5.41) is 4.46. The molecule has 134 valence electrons. The number of pyridine rings is 3. The minimum absolute atomic E-state index is 0.226. The number of nitrogens with zero attached hydrogens (tertiary/aromatic N) is 5. The average Bonchev–Trinajstić information content (AvgIpc) is 3.15. The number of rotatable bonds is 3. The highest BCUT2D eigenvalue weighted by atomic mass is 35.5. The van der Waals surface area contributed by atoms with Gasteiger partial charge in [0.1, 0.15) is 11.4 Å². The number of aryl methyl sites for hydroxylation is 2. The number of halogens is 2. The molecular formula is C19H13ClFN5O. The van der Waals surface area contributed by atoms with Crippen molar-refractivity contribution in [3.63, 3.8) is 0 Å². The van der Waals surface area contributed by atoms with Crippen molar-refractivity contribution in [3.05, 3.63) is 65.0 Å². The lowest BCUT2D eigenvalue weighted by atomic mass is 10.0. The Balaban J connectivity index is 1.79. The Bertz CT molecular complexity index is 1130. The van der Waals surface area contributed by atoms with Crippen LogP contribution in [0.25, 0.3) is 34.2 Å². The minimum atomic E-state index is -0.405. The molecule has 6 nitrogen and oxygen atoms in total. The normalized spacial score (nSPS) is 11.0. The maximum Gasteiger partial charge on any atom is 0.276 e. The van der Waals surface area contributed by atoms with Crippen molar-refractivity contribution in [3.8, 4) is 34.2 Å². The van der Waals surface area contributed by atoms with Crippen LogP contribution in [-0.2, 0) is 0 Å². The van der Waals surface area contributed by atoms with Gasteiger partial charge in [-0.15, -0.1) is 0 Å². The maximum absolute atomic E-state index is 14.7. The third kappa shape index (κ3) is 3.29. The van der Waals surface area contributed by atoms with E-state index < -0.39 is 5.82 Å². The molecule has 4 aromatic rings. The lowest BCUT2D eigenvalue weighted by Gasteiger charge is -2.09. The first-order chi connectivity index (χ1) is 13.0. The van der Waals surface area contributed by atoms with E-state index in [4.69, 9.17) is 16.1 Å². The summed E-state index contributed by atoms with van der Waals surface area (Å²) in [6.07, 6.45) is 4.77. The van der Waals surface area contributed by atoms with E-state index in [0.717, 1.165) is 5.56 Å². The molecule has 8 heteroatoms. The molecule has 0 fully saturated rings. The van der Waals surface area contributed by atoms with Crippen molar-refractivity contribution < 1.29 is 8.91 Å². The van der Waals surface area contributed by atoms with Gasteiger partial charge in [-0.1, -0.05) is 16.8 Å². The SMILES string of the molecule is Cc1ccncc1-c1cc(-c2noc(-c3ccc(Cl)cn3)n2)nc(C)c1F. The fraction of sp³-hybridized carbons (Fsp3) is 0.105. The van der Waals surface area contributed by atoms with Crippen molar-refractivity contribution in [1.82, 2.24) is 25.1 Å². The van der Waals surface area contributed by atoms with E-state index in [2.05, 4.69) is 25.1 Å². The van der Waals surface area contributed by atoms with Crippen LogP contribution in [0.1, 0.15) is 11.3 Å². The zero-order valence-corrected chi connectivity index (χ0v) is 15.2. The van der Waals surface area contributed by atoms with E-state index >= 15 is 0 Å². The highest BCUT2D eigenvalue weighted by Gasteiger charge is 2.18. The summed E-state index contributed by atoms with van der Waals surface area (Å²) in [6.45, 7) is 3.49. The molecule has 0 aliphatic rings. The highest BCUT2D eigenvalue weighted by Crippen LogP contribution is 2.30. The lowest BCUT2D eigenvalue weighted by molar-refractivity contribution is 0.430. The smallest absolute Gasteiger partial charge is 0.276 e. The van der Waals surface area contributed by atoms with Crippen LogP contribution in [-0.4, -0.2) is 25.1 Å². The van der Waals surface area contributed by atoms with Gasteiger partial charge in [0, 0.05) is 29.7 Å². The zero-order chi connectivity index (χ0) is 19.0. The second-order valence-electron chi connectivity index (χ2n) is 5.93. The molecular weight excluding hydrogens is 369 g/mol. The Morgan fingerprint density at radius 3 is 2.59 bits per heavy atom. The van der Waals surface area contributed by atoms with Crippen LogP contribution in [0.3, 0.4) is 0 Å². The second kappa shape index (κ2) is 6.85. The first-order valence-electron chi connectivity index (χ1n) is 8.07. The largest absolute Gasteiger partial charge is 0.332 e. The second-order valence-corrected chi connectivity index (χ2v) is 6.37. The third-order valence-corrected chi connectivity index (χ3v) is 4.28. The van der Waals surface area contributed by atoms with E-state index in [1.54, 1.807) is 37.5 Å². The van der Waals surface area contributed by atoms with Crippen molar-refractivity contribution >= 4 is 11.6 Å². The Hall–Kier alpha value is -3.19. The molecule has 0 N–H and O–H groups in total. The highest BCUT2D eigenvalue weighted by molar-refractivity contribution is 6.30. The summed E-state index contributed by atoms with van der Waals surface area (Å²) in [6, 6.07) is 6.77. The van der Waals surface area contributed by atoms with Crippen LogP contribution < -0.4 is 0 Å². The fourth-order valence-electron chi connectivity index (χ4n) is 2.65. The monoisotopic (exact) mass is 381 g/mol. The Morgan fingerprint density at radius 2 is 1.85 bits per heavy atom. The Morgan fingerprint density at radius 1 is 1.00 bits per heavy atom. The number of hydrogen-bond donors (Lipinski definition) is 0. The van der Waals surface area contributed by atoms with E-state index in [9.17, 15) is 4.39 Å². The lowest BCUT2D eigenvalue weighted by Crippen LogP contribution is -1.98. The standard InChI is InChI=1S/C19H13ClFN5O/c1-10-5-6-22-9-14(10)13-7-16(24-11(2)17(13)21)18-25-19(27-26-18)15-4-3-12(20)8-23-15/h3-9H,1-2H3. The summed E-state index contributed by atoms with van der Waals surface area (Å²) in [4.78, 5) is 16.8. The quantitative estimate of drug-likeness (QED) is 0.513. The average molecular weight is 382 g/mol. The molecule has 0 aromatic carbocycles. The number of aromatic nitrogens is 5. The predicted octanol–water partition coefficient (Wildman–Crippen LogP) is 4.66. The van der Waals surface area contributed by atoms with Crippen molar-refractivity contribution in [2.45, 2.75) is 13.8 Å². The Kier molecular flexibility index (Phi) is 4.37. The summed E-state index contributed by atoms with van der Waals surface area (Å²) >= 11 is 5.84. The van der Waals surface area contributed by atoms with Crippen LogP contribution in [0, 0.1) is 19.7 Å². The van der Waals surface area contributed by atoms with E-state index in [1.807, 2.05) is 13.0 Å². The molecule has 0 saturated heterocycles. The molecule has 0 aliphatic carbocycles. The molecule has 0 bridgehead atoms. The van der Waals surface area contributed by atoms with Gasteiger partial charge in [-0.05, 0) is 43.7 Å². The molecule has 4 aromatic heterocycles. The van der Waals surface area contributed by atoms with E-state index in [0.29, 0.717) is 27.5 Å². The summed E-state index contributed by atoms with van der Waals surface area (Å²) < 4.78 is 20.0. The van der Waals surface area contributed by atoms with Gasteiger partial charge >= 0.3 is 0 Å². The molecule has 0 radical (unpaired) electrons. The van der Waals surface area contributed by atoms with E-state index in [1.165, 1.54) is 6.20 Å². The van der Waals surface area contributed by atoms with Gasteiger partial charge in [-0.25, -0.2) is 14.4 Å². The van der Waals surface area contributed by atoms with Crippen molar-refractivity contribution in [1.29, 1.82) is 0 Å². The zero-order valence-electron chi connectivity index (χ0n) is 14.4. The summed E-state index contributed by atoms with van der Waals surface area (Å²) in [5.41, 5.74) is 3.10. The minimum Gasteiger partial charge on any atom is -0.332 e. The molecule has 27 heavy (non-hydrogen) atoms. The molecule has 4 heterocycles. The van der Waals surface area contributed by atoms with Crippen LogP contribution in [0.2, 0.25) is 5.02 Å². The Labute approximate surface area is 159 Å². The molecule has 0 atom stereocenters. The predicted molar refractivity (Wildman–Crippen MR) is 98.4 cm³/mol. The molecule has 0 unspecified atom stereocenters. The van der Waals surface area contributed by atoms with Gasteiger partial charge in [0.2, 0.25) is 5.82 Å². The van der Waals surface area contributed by atoms with Crippen LogP contribution in [0.4, 0.5) is 4.39 Å². The van der Waals surface area contributed by atoms with E-state index in [-0.39, 0.29) is 17.4 Å². The molecule has 4 rings (SSSR count). The maximum atomic E-state index is 14.7. The summed E-state index contributed by atoms with van der Waals surface area (Å²) in [5.74, 6) is 0.0649. The molecule has 0 amide bonds. The molecule has 0 aliphatic heterocycles. The first-order valence-corrected chi connectivity index (χ1v) is 8.45. The van der Waals surface area contributed by atoms with Gasteiger partial charge in [-0.3, -0.25) is 4.98 Å². The van der Waals surface area contributed by atoms with Gasteiger partial charge in [0.15, 0.2) is 5.82 Å². The van der Waals surface area contributed by atoms with Crippen LogP contribution >= 0.6 is 11.6 Å². The fourth-order valence-corrected chi connectivity index (χ4v) is 2.76. The molecule has 0 saturated carbocycles. The first kappa shape index (κ1) is 17.2. The molecule has 0 spiro atoms. The van der Waals surface area contributed by atoms with Gasteiger partial charge in [-0.2, -0.15) is 4.98 Å². The van der Waals surface area contributed by atoms with Gasteiger partial charge in [0.05, 0.1) is 10.7 Å². The van der Waals surface area contributed by atoms with Gasteiger partial charge < -0.3 is 4.52 Å². The summed E-state index contributed by atoms with van der Waals surface area (Å²) in [7, 11) is 0. The van der Waals surface area contributed by atoms with Gasteiger partial charge in [0.25, 0.3) is 5.89 Å². The topological polar surface area (TPSA) is 77.6 Å². The van der Waals surface area contributed by atoms with Crippen molar-refractivity contribution in [2.75, 3.05) is 0 Å². The third-order valence-electron chi connectivity index (χ3n) is 4.05. The number of hydrogen-bond acceptors (Lipinski definition) is 6. The van der Waals surface area contributed by atoms with Crippen molar-refractivity contribution in [2.24, 2.45) is 0 Å². The van der Waals surface area contributed by atoms with Crippen LogP contribution in [0.15, 0.2) is 47.4 Å². The van der Waals surface area contributed by atoms with Crippen LogP contribution in [0.5, 0.6) is 0 Å².